The maximum absolute atomic E-state index is 13.9. The number of piperazine rings is 1. The van der Waals surface area contributed by atoms with E-state index in [4.69, 9.17) is 9.47 Å². The van der Waals surface area contributed by atoms with Crippen molar-refractivity contribution in [2.75, 3.05) is 51.3 Å². The van der Waals surface area contributed by atoms with Crippen molar-refractivity contribution in [1.82, 2.24) is 9.80 Å². The van der Waals surface area contributed by atoms with Crippen LogP contribution in [-0.4, -0.2) is 68.1 Å². The van der Waals surface area contributed by atoms with Gasteiger partial charge in [0.15, 0.2) is 18.2 Å². The molecule has 0 aliphatic carbocycles. The van der Waals surface area contributed by atoms with Crippen molar-refractivity contribution in [3.05, 3.63) is 53.8 Å². The molecule has 2 aliphatic rings. The number of para-hydroxylation sites is 2. The molecule has 4 rings (SSSR count). The molecule has 7 nitrogen and oxygen atoms in total. The van der Waals surface area contributed by atoms with Crippen LogP contribution in [0.1, 0.15) is 12.0 Å². The van der Waals surface area contributed by atoms with Crippen molar-refractivity contribution < 1.29 is 23.5 Å². The minimum atomic E-state index is -0.368. The van der Waals surface area contributed by atoms with Crippen molar-refractivity contribution in [2.45, 2.75) is 13.0 Å². The van der Waals surface area contributed by atoms with Crippen LogP contribution in [0.25, 0.3) is 0 Å². The minimum absolute atomic E-state index is 0.00413. The number of rotatable bonds is 6. The molecule has 2 amide bonds. The lowest BCUT2D eigenvalue weighted by molar-refractivity contribution is -0.132. The second-order valence-corrected chi connectivity index (χ2v) is 7.68. The van der Waals surface area contributed by atoms with E-state index in [-0.39, 0.29) is 36.4 Å². The highest BCUT2D eigenvalue weighted by atomic mass is 19.1. The SMILES string of the molecule is COc1ccc(CN2CCN(C(=O)CCN3C(=O)COc4ccccc43)CC2)cc1F. The maximum Gasteiger partial charge on any atom is 0.265 e. The number of carbonyl (C=O) groups is 2. The summed E-state index contributed by atoms with van der Waals surface area (Å²) in [5, 5.41) is 0. The molecular formula is C23H26FN3O4. The summed E-state index contributed by atoms with van der Waals surface area (Å²) in [6.07, 6.45) is 0.268. The highest BCUT2D eigenvalue weighted by Gasteiger charge is 2.27. The lowest BCUT2D eigenvalue weighted by Crippen LogP contribution is -2.49. The Bertz CT molecular complexity index is 960. The van der Waals surface area contributed by atoms with Crippen LogP contribution in [0.4, 0.5) is 10.1 Å². The van der Waals surface area contributed by atoms with Crippen LogP contribution in [0.2, 0.25) is 0 Å². The first-order valence-electron chi connectivity index (χ1n) is 10.4. The predicted octanol–water partition coefficient (Wildman–Crippen LogP) is 2.29. The number of carbonyl (C=O) groups excluding carboxylic acids is 2. The van der Waals surface area contributed by atoms with Gasteiger partial charge in [-0.25, -0.2) is 4.39 Å². The fourth-order valence-electron chi connectivity index (χ4n) is 3.99. The van der Waals surface area contributed by atoms with Gasteiger partial charge in [0.2, 0.25) is 5.91 Å². The molecule has 0 atom stereocenters. The number of hydrogen-bond acceptors (Lipinski definition) is 5. The van der Waals surface area contributed by atoms with Gasteiger partial charge >= 0.3 is 0 Å². The maximum atomic E-state index is 13.9. The number of benzene rings is 2. The molecule has 2 aliphatic heterocycles. The zero-order chi connectivity index (χ0) is 21.8. The van der Waals surface area contributed by atoms with E-state index in [1.165, 1.54) is 13.2 Å². The number of methoxy groups -OCH3 is 1. The van der Waals surface area contributed by atoms with Crippen LogP contribution >= 0.6 is 0 Å². The zero-order valence-electron chi connectivity index (χ0n) is 17.6. The minimum Gasteiger partial charge on any atom is -0.494 e. The first kappa shape index (κ1) is 21.1. The molecule has 0 spiro atoms. The molecule has 2 aromatic carbocycles. The summed E-state index contributed by atoms with van der Waals surface area (Å²) in [5.74, 6) is 0.432. The summed E-state index contributed by atoms with van der Waals surface area (Å²) >= 11 is 0. The molecule has 0 unspecified atom stereocenters. The number of hydrogen-bond donors (Lipinski definition) is 0. The molecule has 0 bridgehead atoms. The smallest absolute Gasteiger partial charge is 0.265 e. The summed E-state index contributed by atoms with van der Waals surface area (Å²) in [4.78, 5) is 30.6. The van der Waals surface area contributed by atoms with Gasteiger partial charge < -0.3 is 19.3 Å². The van der Waals surface area contributed by atoms with Crippen LogP contribution < -0.4 is 14.4 Å². The van der Waals surface area contributed by atoms with E-state index in [1.807, 2.05) is 35.2 Å². The first-order chi connectivity index (χ1) is 15.0. The first-order valence-corrected chi connectivity index (χ1v) is 10.4. The molecule has 0 saturated carbocycles. The Morgan fingerprint density at radius 3 is 2.65 bits per heavy atom. The molecular weight excluding hydrogens is 401 g/mol. The van der Waals surface area contributed by atoms with Gasteiger partial charge in [-0.2, -0.15) is 0 Å². The Labute approximate surface area is 180 Å². The molecule has 8 heteroatoms. The van der Waals surface area contributed by atoms with Gasteiger partial charge in [-0.3, -0.25) is 14.5 Å². The topological polar surface area (TPSA) is 62.3 Å². The lowest BCUT2D eigenvalue weighted by atomic mass is 10.1. The predicted molar refractivity (Wildman–Crippen MR) is 114 cm³/mol. The van der Waals surface area contributed by atoms with Crippen molar-refractivity contribution in [2.24, 2.45) is 0 Å². The summed E-state index contributed by atoms with van der Waals surface area (Å²) in [7, 11) is 1.45. The lowest BCUT2D eigenvalue weighted by Gasteiger charge is -2.35. The third kappa shape index (κ3) is 4.80. The highest BCUT2D eigenvalue weighted by molar-refractivity contribution is 5.98. The van der Waals surface area contributed by atoms with Crippen LogP contribution in [0.15, 0.2) is 42.5 Å². The van der Waals surface area contributed by atoms with E-state index < -0.39 is 0 Å². The largest absolute Gasteiger partial charge is 0.494 e. The van der Waals surface area contributed by atoms with E-state index in [2.05, 4.69) is 4.90 Å². The third-order valence-electron chi connectivity index (χ3n) is 5.70. The summed E-state index contributed by atoms with van der Waals surface area (Å²) < 4.78 is 24.3. The average molecular weight is 427 g/mol. The fourth-order valence-corrected chi connectivity index (χ4v) is 3.99. The van der Waals surface area contributed by atoms with Crippen LogP contribution in [0, 0.1) is 5.82 Å². The van der Waals surface area contributed by atoms with Crippen molar-refractivity contribution in [3.63, 3.8) is 0 Å². The number of nitrogens with zero attached hydrogens (tertiary/aromatic N) is 3. The third-order valence-corrected chi connectivity index (χ3v) is 5.70. The van der Waals surface area contributed by atoms with Crippen LogP contribution in [-0.2, 0) is 16.1 Å². The number of halogens is 1. The quantitative estimate of drug-likeness (QED) is 0.708. The van der Waals surface area contributed by atoms with Gasteiger partial charge in [0, 0.05) is 45.7 Å². The Balaban J connectivity index is 1.27. The Morgan fingerprint density at radius 1 is 1.13 bits per heavy atom. The molecule has 1 fully saturated rings. The Kier molecular flexibility index (Phi) is 6.36. The van der Waals surface area contributed by atoms with Crippen molar-refractivity contribution >= 4 is 17.5 Å². The van der Waals surface area contributed by atoms with E-state index in [9.17, 15) is 14.0 Å². The standard InChI is InChI=1S/C23H26FN3O4/c1-30-20-7-6-17(14-18(20)24)15-25-10-12-26(13-11-25)22(28)8-9-27-19-4-2-3-5-21(19)31-16-23(27)29/h2-7,14H,8-13,15-16H2,1H3. The van der Waals surface area contributed by atoms with Crippen molar-refractivity contribution in [1.29, 1.82) is 0 Å². The van der Waals surface area contributed by atoms with Gasteiger partial charge in [-0.05, 0) is 29.8 Å². The molecule has 164 valence electrons. The normalized spacial score (nSPS) is 16.6. The van der Waals surface area contributed by atoms with Gasteiger partial charge in [-0.15, -0.1) is 0 Å². The molecule has 0 N–H and O–H groups in total. The van der Waals surface area contributed by atoms with Crippen LogP contribution in [0.3, 0.4) is 0 Å². The summed E-state index contributed by atoms with van der Waals surface area (Å²) in [6.45, 7) is 3.63. The number of ether oxygens (including phenoxy) is 2. The number of anilines is 1. The van der Waals surface area contributed by atoms with Crippen molar-refractivity contribution in [3.8, 4) is 11.5 Å². The molecule has 2 heterocycles. The van der Waals surface area contributed by atoms with Gasteiger partial charge in [0.1, 0.15) is 5.75 Å². The number of fused-ring (bicyclic) bond motifs is 1. The Morgan fingerprint density at radius 2 is 1.90 bits per heavy atom. The molecule has 31 heavy (non-hydrogen) atoms. The van der Waals surface area contributed by atoms with E-state index in [0.717, 1.165) is 18.7 Å². The second-order valence-electron chi connectivity index (χ2n) is 7.68. The van der Waals surface area contributed by atoms with Crippen LogP contribution in [0.5, 0.6) is 11.5 Å². The van der Waals surface area contributed by atoms with E-state index >= 15 is 0 Å². The van der Waals surface area contributed by atoms with E-state index in [1.54, 1.807) is 11.0 Å². The second kappa shape index (κ2) is 9.34. The highest BCUT2D eigenvalue weighted by Crippen LogP contribution is 2.31. The monoisotopic (exact) mass is 427 g/mol. The summed E-state index contributed by atoms with van der Waals surface area (Å²) in [6, 6.07) is 12.4. The Hall–Kier alpha value is -3.13. The average Bonchev–Trinajstić information content (AvgIpc) is 2.79. The molecule has 0 aromatic heterocycles. The van der Waals surface area contributed by atoms with E-state index in [0.29, 0.717) is 37.6 Å². The summed E-state index contributed by atoms with van der Waals surface area (Å²) in [5.41, 5.74) is 1.59. The number of amides is 2. The molecule has 1 saturated heterocycles. The van der Waals surface area contributed by atoms with Gasteiger partial charge in [0.25, 0.3) is 5.91 Å². The fraction of sp³-hybridized carbons (Fsp3) is 0.391. The van der Waals surface area contributed by atoms with Gasteiger partial charge in [-0.1, -0.05) is 18.2 Å². The molecule has 2 aromatic rings. The van der Waals surface area contributed by atoms with Gasteiger partial charge in [0.05, 0.1) is 12.8 Å². The zero-order valence-corrected chi connectivity index (χ0v) is 17.6. The molecule has 0 radical (unpaired) electrons.